The van der Waals surface area contributed by atoms with E-state index in [1.807, 2.05) is 0 Å². The number of hydrogen-bond acceptors (Lipinski definition) is 4. The summed E-state index contributed by atoms with van der Waals surface area (Å²) in [6.07, 6.45) is 6.22. The lowest BCUT2D eigenvalue weighted by Crippen LogP contribution is -2.52. The van der Waals surface area contributed by atoms with Crippen molar-refractivity contribution >= 4 is 5.97 Å². The molecule has 19 heavy (non-hydrogen) atoms. The highest BCUT2D eigenvalue weighted by Crippen LogP contribution is 2.37. The van der Waals surface area contributed by atoms with Crippen molar-refractivity contribution in [3.8, 4) is 0 Å². The summed E-state index contributed by atoms with van der Waals surface area (Å²) in [4.78, 5) is 14.4. The normalized spacial score (nSPS) is 26.9. The van der Waals surface area contributed by atoms with E-state index in [1.54, 1.807) is 0 Å². The van der Waals surface area contributed by atoms with E-state index in [0.29, 0.717) is 0 Å². The molecule has 1 rings (SSSR count). The molecule has 0 amide bonds. The fraction of sp³-hybridized carbons (Fsp3) is 0.933. The first-order chi connectivity index (χ1) is 9.08. The van der Waals surface area contributed by atoms with Gasteiger partial charge < -0.3 is 15.4 Å². The molecule has 0 radical (unpaired) electrons. The zero-order chi connectivity index (χ0) is 14.3. The van der Waals surface area contributed by atoms with Gasteiger partial charge in [0.25, 0.3) is 0 Å². The molecule has 4 nitrogen and oxygen atoms in total. The third-order valence-corrected chi connectivity index (χ3v) is 4.31. The van der Waals surface area contributed by atoms with Gasteiger partial charge in [-0.25, -0.2) is 0 Å². The lowest BCUT2D eigenvalue weighted by atomic mass is 9.85. The summed E-state index contributed by atoms with van der Waals surface area (Å²) in [7, 11) is 1.44. The van der Waals surface area contributed by atoms with Crippen molar-refractivity contribution in [1.29, 1.82) is 0 Å². The number of methoxy groups -OCH3 is 1. The van der Waals surface area contributed by atoms with Crippen LogP contribution in [0.4, 0.5) is 0 Å². The van der Waals surface area contributed by atoms with Gasteiger partial charge in [0, 0.05) is 0 Å². The van der Waals surface area contributed by atoms with Crippen molar-refractivity contribution in [2.75, 3.05) is 26.7 Å². The molecule has 0 aromatic heterocycles. The third kappa shape index (κ3) is 4.18. The smallest absolute Gasteiger partial charge is 0.326 e. The molecule has 4 heteroatoms. The largest absolute Gasteiger partial charge is 0.468 e. The van der Waals surface area contributed by atoms with E-state index in [4.69, 9.17) is 10.5 Å². The lowest BCUT2D eigenvalue weighted by molar-refractivity contribution is -0.148. The summed E-state index contributed by atoms with van der Waals surface area (Å²) in [6.45, 7) is 7.73. The summed E-state index contributed by atoms with van der Waals surface area (Å²) in [5, 5.41) is 0. The number of nitrogens with zero attached hydrogens (tertiary/aromatic N) is 1. The van der Waals surface area contributed by atoms with Crippen LogP contribution in [0.1, 0.15) is 52.4 Å². The van der Waals surface area contributed by atoms with Gasteiger partial charge in [-0.15, -0.1) is 0 Å². The van der Waals surface area contributed by atoms with Gasteiger partial charge in [0.05, 0.1) is 7.11 Å². The van der Waals surface area contributed by atoms with Gasteiger partial charge in [-0.2, -0.15) is 0 Å². The molecule has 0 aromatic carbocycles. The highest BCUT2D eigenvalue weighted by atomic mass is 16.5. The standard InChI is InChI=1S/C15H30N2O2/c1-4-10-17(11-5-2)12-8-13-7-6-9-15(13,16)14(18)19-3/h13H,4-12,16H2,1-3H3. The maximum Gasteiger partial charge on any atom is 0.326 e. The second kappa shape index (κ2) is 7.85. The van der Waals surface area contributed by atoms with Crippen LogP contribution in [0.15, 0.2) is 0 Å². The quantitative estimate of drug-likeness (QED) is 0.687. The van der Waals surface area contributed by atoms with Crippen LogP contribution in [0.5, 0.6) is 0 Å². The van der Waals surface area contributed by atoms with E-state index in [1.165, 1.54) is 20.0 Å². The first-order valence-corrected chi connectivity index (χ1v) is 7.68. The Morgan fingerprint density at radius 3 is 2.47 bits per heavy atom. The van der Waals surface area contributed by atoms with Gasteiger partial charge in [0.1, 0.15) is 5.54 Å². The van der Waals surface area contributed by atoms with Crippen LogP contribution >= 0.6 is 0 Å². The molecule has 1 fully saturated rings. The number of carbonyl (C=O) groups is 1. The fourth-order valence-electron chi connectivity index (χ4n) is 3.27. The van der Waals surface area contributed by atoms with Gasteiger partial charge >= 0.3 is 5.97 Å². The number of ether oxygens (including phenoxy) is 1. The predicted molar refractivity (Wildman–Crippen MR) is 77.9 cm³/mol. The van der Waals surface area contributed by atoms with E-state index in [9.17, 15) is 4.79 Å². The minimum atomic E-state index is -0.737. The van der Waals surface area contributed by atoms with E-state index >= 15 is 0 Å². The molecule has 2 N–H and O–H groups in total. The van der Waals surface area contributed by atoms with Gasteiger partial charge in [0.15, 0.2) is 0 Å². The number of esters is 1. The minimum Gasteiger partial charge on any atom is -0.468 e. The zero-order valence-corrected chi connectivity index (χ0v) is 12.8. The predicted octanol–water partition coefficient (Wildman–Crippen LogP) is 2.17. The molecular formula is C15H30N2O2. The molecule has 2 atom stereocenters. The van der Waals surface area contributed by atoms with Gasteiger partial charge in [-0.05, 0) is 57.7 Å². The van der Waals surface area contributed by atoms with Crippen molar-refractivity contribution in [2.24, 2.45) is 11.7 Å². The molecule has 0 aromatic rings. The van der Waals surface area contributed by atoms with Crippen LogP contribution < -0.4 is 5.73 Å². The van der Waals surface area contributed by atoms with Crippen molar-refractivity contribution < 1.29 is 9.53 Å². The van der Waals surface area contributed by atoms with E-state index in [2.05, 4.69) is 18.7 Å². The topological polar surface area (TPSA) is 55.6 Å². The number of rotatable bonds is 8. The van der Waals surface area contributed by atoms with Crippen LogP contribution in [-0.2, 0) is 9.53 Å². The fourth-order valence-corrected chi connectivity index (χ4v) is 3.27. The maximum atomic E-state index is 11.9. The summed E-state index contributed by atoms with van der Waals surface area (Å²) < 4.78 is 4.89. The molecule has 0 spiro atoms. The van der Waals surface area contributed by atoms with E-state index in [-0.39, 0.29) is 11.9 Å². The Kier molecular flexibility index (Phi) is 6.80. The highest BCUT2D eigenvalue weighted by molar-refractivity contribution is 5.81. The third-order valence-electron chi connectivity index (χ3n) is 4.31. The molecule has 0 aliphatic heterocycles. The molecule has 2 unspecified atom stereocenters. The summed E-state index contributed by atoms with van der Waals surface area (Å²) in [5.74, 6) is 0.0451. The van der Waals surface area contributed by atoms with Crippen LogP contribution in [0.2, 0.25) is 0 Å². The lowest BCUT2D eigenvalue weighted by Gasteiger charge is -2.30. The molecule has 1 saturated carbocycles. The van der Waals surface area contributed by atoms with Crippen molar-refractivity contribution in [3.63, 3.8) is 0 Å². The number of hydrogen-bond donors (Lipinski definition) is 1. The summed E-state index contributed by atoms with van der Waals surface area (Å²) in [5.41, 5.74) is 5.56. The Morgan fingerprint density at radius 1 is 1.32 bits per heavy atom. The molecule has 1 aliphatic rings. The average molecular weight is 270 g/mol. The molecular weight excluding hydrogens is 240 g/mol. The summed E-state index contributed by atoms with van der Waals surface area (Å²) in [6, 6.07) is 0. The SMILES string of the molecule is CCCN(CCC)CCC1CCCC1(N)C(=O)OC. The van der Waals surface area contributed by atoms with Crippen molar-refractivity contribution in [3.05, 3.63) is 0 Å². The Bertz CT molecular complexity index is 277. The van der Waals surface area contributed by atoms with Crippen LogP contribution in [-0.4, -0.2) is 43.2 Å². The molecule has 0 saturated heterocycles. The van der Waals surface area contributed by atoms with E-state index in [0.717, 1.165) is 45.3 Å². The highest BCUT2D eigenvalue weighted by Gasteiger charge is 2.46. The number of carbonyl (C=O) groups excluding carboxylic acids is 1. The minimum absolute atomic E-state index is 0.229. The van der Waals surface area contributed by atoms with Crippen molar-refractivity contribution in [1.82, 2.24) is 4.90 Å². The van der Waals surface area contributed by atoms with Gasteiger partial charge in [-0.1, -0.05) is 20.3 Å². The Labute approximate surface area is 117 Å². The maximum absolute atomic E-state index is 11.9. The average Bonchev–Trinajstić information content (AvgIpc) is 2.78. The monoisotopic (exact) mass is 270 g/mol. The van der Waals surface area contributed by atoms with Crippen LogP contribution in [0, 0.1) is 5.92 Å². The second-order valence-corrected chi connectivity index (χ2v) is 5.75. The van der Waals surface area contributed by atoms with Crippen LogP contribution in [0.3, 0.4) is 0 Å². The Hall–Kier alpha value is -0.610. The molecule has 1 aliphatic carbocycles. The molecule has 112 valence electrons. The van der Waals surface area contributed by atoms with Gasteiger partial charge in [0.2, 0.25) is 0 Å². The number of nitrogens with two attached hydrogens (primary N) is 1. The molecule has 0 bridgehead atoms. The first-order valence-electron chi connectivity index (χ1n) is 7.68. The molecule has 0 heterocycles. The van der Waals surface area contributed by atoms with Crippen molar-refractivity contribution in [2.45, 2.75) is 57.9 Å². The van der Waals surface area contributed by atoms with E-state index < -0.39 is 5.54 Å². The first kappa shape index (κ1) is 16.4. The summed E-state index contributed by atoms with van der Waals surface area (Å²) >= 11 is 0. The zero-order valence-electron chi connectivity index (χ0n) is 12.8. The Balaban J connectivity index is 2.52. The Morgan fingerprint density at radius 2 is 1.95 bits per heavy atom. The second-order valence-electron chi connectivity index (χ2n) is 5.75. The van der Waals surface area contributed by atoms with Crippen LogP contribution in [0.25, 0.3) is 0 Å². The van der Waals surface area contributed by atoms with Gasteiger partial charge in [-0.3, -0.25) is 4.79 Å².